The summed E-state index contributed by atoms with van der Waals surface area (Å²) in [6.07, 6.45) is 5.48. The molecule has 11 heavy (non-hydrogen) atoms. The average Bonchev–Trinajstić information content (AvgIpc) is 1.85. The van der Waals surface area contributed by atoms with Crippen molar-refractivity contribution < 1.29 is 0 Å². The molecule has 0 amide bonds. The van der Waals surface area contributed by atoms with Gasteiger partial charge in [0.2, 0.25) is 0 Å². The van der Waals surface area contributed by atoms with Crippen molar-refractivity contribution in [2.45, 2.75) is 38.6 Å². The topological polar surface area (TPSA) is 15.3 Å². The van der Waals surface area contributed by atoms with Gasteiger partial charge in [0.05, 0.1) is 0 Å². The minimum absolute atomic E-state index is 0.854. The Bertz CT molecular complexity index is 98.3. The molecule has 0 unspecified atom stereocenters. The molecule has 1 saturated carbocycles. The minimum atomic E-state index is 0.854. The molecule has 0 aliphatic heterocycles. The molecule has 0 aromatic carbocycles. The lowest BCUT2D eigenvalue weighted by atomic mass is 9.93. The summed E-state index contributed by atoms with van der Waals surface area (Å²) in [5, 5.41) is 0. The predicted octanol–water partition coefficient (Wildman–Crippen LogP) is 2.03. The van der Waals surface area contributed by atoms with E-state index in [9.17, 15) is 0 Å². The van der Waals surface area contributed by atoms with Gasteiger partial charge >= 0.3 is 0 Å². The lowest BCUT2D eigenvalue weighted by Gasteiger charge is -2.35. The zero-order chi connectivity index (χ0) is 8.10. The molecule has 0 atom stereocenters. The van der Waals surface area contributed by atoms with Crippen molar-refractivity contribution >= 4 is 12.1 Å². The molecule has 0 spiro atoms. The smallest absolute Gasteiger partial charge is 0.0214 e. The number of nitrogens with zero attached hydrogens (tertiary/aromatic N) is 1. The Kier molecular flexibility index (Phi) is 4.26. The van der Waals surface area contributed by atoms with Crippen LogP contribution in [0.1, 0.15) is 32.6 Å². The summed E-state index contributed by atoms with van der Waals surface area (Å²) in [7, 11) is 1.99. The molecule has 1 rings (SSSR count). The van der Waals surface area contributed by atoms with Gasteiger partial charge in [-0.05, 0) is 26.3 Å². The van der Waals surface area contributed by atoms with E-state index >= 15 is 0 Å². The number of hydrogen-bond acceptors (Lipinski definition) is 3. The van der Waals surface area contributed by atoms with Crippen LogP contribution in [0.2, 0.25) is 0 Å². The number of nitrogens with one attached hydrogen (secondary N) is 1. The van der Waals surface area contributed by atoms with Crippen LogP contribution in [-0.2, 0) is 0 Å². The van der Waals surface area contributed by atoms with Crippen LogP contribution in [0.3, 0.4) is 0 Å². The fourth-order valence-corrected chi connectivity index (χ4v) is 2.18. The van der Waals surface area contributed by atoms with Crippen LogP contribution < -0.4 is 4.72 Å². The molecule has 0 aromatic rings. The van der Waals surface area contributed by atoms with Gasteiger partial charge in [0.15, 0.2) is 0 Å². The molecule has 66 valence electrons. The third-order valence-electron chi connectivity index (χ3n) is 2.13. The standard InChI is InChI=1S/C8H18N2S/c1-3-7-10(11-9-2)8-5-4-6-8/h8-9H,3-7H2,1-2H3. The fraction of sp³-hybridized carbons (Fsp3) is 1.00. The van der Waals surface area contributed by atoms with Gasteiger partial charge in [0, 0.05) is 24.7 Å². The maximum Gasteiger partial charge on any atom is 0.0214 e. The Morgan fingerprint density at radius 3 is 2.64 bits per heavy atom. The van der Waals surface area contributed by atoms with Crippen molar-refractivity contribution in [3.63, 3.8) is 0 Å². The summed E-state index contributed by atoms with van der Waals surface area (Å²) >= 11 is 1.77. The zero-order valence-electron chi connectivity index (χ0n) is 7.47. The number of rotatable bonds is 5. The van der Waals surface area contributed by atoms with E-state index in [0.717, 1.165) is 6.04 Å². The van der Waals surface area contributed by atoms with Crippen molar-refractivity contribution in [1.29, 1.82) is 0 Å². The molecular formula is C8H18N2S. The highest BCUT2D eigenvalue weighted by molar-refractivity contribution is 7.95. The largest absolute Gasteiger partial charge is 0.254 e. The summed E-state index contributed by atoms with van der Waals surface area (Å²) in [5.41, 5.74) is 0. The molecule has 0 aromatic heterocycles. The van der Waals surface area contributed by atoms with Crippen LogP contribution >= 0.6 is 12.1 Å². The molecule has 0 radical (unpaired) electrons. The first kappa shape index (κ1) is 9.36. The molecule has 3 heteroatoms. The van der Waals surface area contributed by atoms with Crippen LogP contribution in [0, 0.1) is 0 Å². The van der Waals surface area contributed by atoms with Crippen LogP contribution in [0.15, 0.2) is 0 Å². The van der Waals surface area contributed by atoms with Gasteiger partial charge in [-0.1, -0.05) is 13.3 Å². The van der Waals surface area contributed by atoms with Gasteiger partial charge in [0.1, 0.15) is 0 Å². The molecule has 0 saturated heterocycles. The van der Waals surface area contributed by atoms with E-state index in [-0.39, 0.29) is 0 Å². The SMILES string of the molecule is CCCN(SNC)C1CCC1. The van der Waals surface area contributed by atoms with Crippen molar-refractivity contribution in [2.75, 3.05) is 13.6 Å². The Labute approximate surface area is 74.0 Å². The van der Waals surface area contributed by atoms with Gasteiger partial charge in [-0.2, -0.15) is 0 Å². The van der Waals surface area contributed by atoms with Crippen molar-refractivity contribution in [3.05, 3.63) is 0 Å². The maximum absolute atomic E-state index is 3.14. The second-order valence-corrected chi connectivity index (χ2v) is 4.08. The summed E-state index contributed by atoms with van der Waals surface area (Å²) in [6, 6.07) is 0.854. The van der Waals surface area contributed by atoms with Gasteiger partial charge in [-0.25, -0.2) is 4.31 Å². The van der Waals surface area contributed by atoms with Crippen LogP contribution in [0.5, 0.6) is 0 Å². The Hall–Kier alpha value is 0.270. The highest BCUT2D eigenvalue weighted by atomic mass is 32.2. The molecule has 1 aliphatic carbocycles. The first-order valence-corrected chi connectivity index (χ1v) is 5.26. The normalized spacial score (nSPS) is 18.8. The van der Waals surface area contributed by atoms with Crippen LogP contribution in [-0.4, -0.2) is 23.9 Å². The highest BCUT2D eigenvalue weighted by Crippen LogP contribution is 2.28. The van der Waals surface area contributed by atoms with E-state index in [1.807, 2.05) is 7.05 Å². The molecule has 0 heterocycles. The van der Waals surface area contributed by atoms with Gasteiger partial charge < -0.3 is 0 Å². The summed E-state index contributed by atoms with van der Waals surface area (Å²) in [5.74, 6) is 0. The molecular weight excluding hydrogens is 156 g/mol. The van der Waals surface area contributed by atoms with E-state index in [0.29, 0.717) is 0 Å². The quantitative estimate of drug-likeness (QED) is 0.642. The van der Waals surface area contributed by atoms with E-state index in [4.69, 9.17) is 0 Å². The molecule has 2 nitrogen and oxygen atoms in total. The fourth-order valence-electron chi connectivity index (χ4n) is 1.32. The minimum Gasteiger partial charge on any atom is -0.254 e. The second-order valence-electron chi connectivity index (χ2n) is 3.02. The summed E-state index contributed by atoms with van der Waals surface area (Å²) in [6.45, 7) is 3.46. The summed E-state index contributed by atoms with van der Waals surface area (Å²) < 4.78 is 5.62. The van der Waals surface area contributed by atoms with Crippen molar-refractivity contribution in [3.8, 4) is 0 Å². The van der Waals surface area contributed by atoms with Crippen LogP contribution in [0.4, 0.5) is 0 Å². The van der Waals surface area contributed by atoms with E-state index < -0.39 is 0 Å². The first-order valence-electron chi connectivity index (χ1n) is 4.48. The monoisotopic (exact) mass is 174 g/mol. The van der Waals surface area contributed by atoms with E-state index in [1.54, 1.807) is 12.1 Å². The molecule has 1 N–H and O–H groups in total. The Morgan fingerprint density at radius 2 is 2.27 bits per heavy atom. The van der Waals surface area contributed by atoms with Crippen molar-refractivity contribution in [1.82, 2.24) is 9.03 Å². The maximum atomic E-state index is 3.14. The lowest BCUT2D eigenvalue weighted by molar-refractivity contribution is 0.236. The van der Waals surface area contributed by atoms with E-state index in [1.165, 1.54) is 32.2 Å². The van der Waals surface area contributed by atoms with E-state index in [2.05, 4.69) is 16.0 Å². The average molecular weight is 174 g/mol. The molecule has 0 bridgehead atoms. The lowest BCUT2D eigenvalue weighted by Crippen LogP contribution is -2.37. The van der Waals surface area contributed by atoms with Gasteiger partial charge in [0.25, 0.3) is 0 Å². The number of hydrogen-bond donors (Lipinski definition) is 1. The Balaban J connectivity index is 2.19. The molecule has 1 fully saturated rings. The van der Waals surface area contributed by atoms with Gasteiger partial charge in [-0.15, -0.1) is 0 Å². The molecule has 1 aliphatic rings. The van der Waals surface area contributed by atoms with Gasteiger partial charge in [-0.3, -0.25) is 4.72 Å². The highest BCUT2D eigenvalue weighted by Gasteiger charge is 2.24. The first-order chi connectivity index (χ1) is 5.38. The summed E-state index contributed by atoms with van der Waals surface area (Å²) in [4.78, 5) is 0. The zero-order valence-corrected chi connectivity index (χ0v) is 8.28. The third-order valence-corrected chi connectivity index (χ3v) is 3.03. The van der Waals surface area contributed by atoms with Crippen LogP contribution in [0.25, 0.3) is 0 Å². The Morgan fingerprint density at radius 1 is 1.55 bits per heavy atom. The second kappa shape index (κ2) is 5.01. The van der Waals surface area contributed by atoms with Crippen molar-refractivity contribution in [2.24, 2.45) is 0 Å². The predicted molar refractivity (Wildman–Crippen MR) is 51.3 cm³/mol. The third kappa shape index (κ3) is 2.65.